The van der Waals surface area contributed by atoms with E-state index in [1.54, 1.807) is 18.2 Å². The molecule has 1 aromatic carbocycles. The lowest BCUT2D eigenvalue weighted by molar-refractivity contribution is 0.0943. The Balaban J connectivity index is 1.93. The summed E-state index contributed by atoms with van der Waals surface area (Å²) in [4.78, 5) is 14.3. The topological polar surface area (TPSA) is 58.4 Å². The van der Waals surface area contributed by atoms with Crippen LogP contribution in [-0.4, -0.2) is 37.0 Å². The monoisotopic (exact) mass is 311 g/mol. The second-order valence-corrected chi connectivity index (χ2v) is 5.58. The molecule has 98 valence electrons. The maximum Gasteiger partial charge on any atom is 0.251 e. The van der Waals surface area contributed by atoms with Gasteiger partial charge < -0.3 is 16.0 Å². The number of nitrogens with zero attached hydrogens (tertiary/aromatic N) is 1. The quantitative estimate of drug-likeness (QED) is 0.838. The molecule has 1 atom stereocenters. The van der Waals surface area contributed by atoms with Gasteiger partial charge in [0.15, 0.2) is 0 Å². The molecule has 1 heterocycles. The second kappa shape index (κ2) is 5.71. The molecule has 4 nitrogen and oxygen atoms in total. The van der Waals surface area contributed by atoms with Crippen molar-refractivity contribution < 1.29 is 4.79 Å². The van der Waals surface area contributed by atoms with Gasteiger partial charge in [-0.3, -0.25) is 4.79 Å². The minimum Gasteiger partial charge on any atom is -0.398 e. The summed E-state index contributed by atoms with van der Waals surface area (Å²) in [6.45, 7) is 1.82. The van der Waals surface area contributed by atoms with Crippen molar-refractivity contribution in [2.75, 3.05) is 25.9 Å². The average Bonchev–Trinajstić information content (AvgIpc) is 2.75. The molecule has 18 heavy (non-hydrogen) atoms. The minimum atomic E-state index is -0.0606. The number of hydrogen-bond acceptors (Lipinski definition) is 3. The molecule has 3 N–H and O–H groups in total. The van der Waals surface area contributed by atoms with E-state index >= 15 is 0 Å². The van der Waals surface area contributed by atoms with E-state index in [-0.39, 0.29) is 5.91 Å². The Morgan fingerprint density at radius 3 is 3.00 bits per heavy atom. The van der Waals surface area contributed by atoms with Gasteiger partial charge in [-0.1, -0.05) is 0 Å². The molecule has 0 aliphatic carbocycles. The number of halogens is 1. The molecule has 1 aromatic rings. The molecule has 1 aliphatic heterocycles. The number of benzene rings is 1. The van der Waals surface area contributed by atoms with Crippen molar-refractivity contribution in [1.29, 1.82) is 0 Å². The summed E-state index contributed by atoms with van der Waals surface area (Å²) in [6.07, 6.45) is 2.36. The molecule has 1 saturated heterocycles. The lowest BCUT2D eigenvalue weighted by Crippen LogP contribution is -2.38. The predicted molar refractivity (Wildman–Crippen MR) is 76.5 cm³/mol. The van der Waals surface area contributed by atoms with Crippen molar-refractivity contribution in [2.45, 2.75) is 18.9 Å². The van der Waals surface area contributed by atoms with E-state index in [9.17, 15) is 4.79 Å². The number of likely N-dealkylation sites (N-methyl/N-ethyl adjacent to an activating group) is 1. The van der Waals surface area contributed by atoms with E-state index in [0.29, 0.717) is 23.8 Å². The lowest BCUT2D eigenvalue weighted by atomic mass is 10.1. The van der Waals surface area contributed by atoms with Gasteiger partial charge in [0.05, 0.1) is 0 Å². The third-order valence-electron chi connectivity index (χ3n) is 3.43. The van der Waals surface area contributed by atoms with E-state index < -0.39 is 0 Å². The van der Waals surface area contributed by atoms with Crippen molar-refractivity contribution in [3.05, 3.63) is 28.2 Å². The summed E-state index contributed by atoms with van der Waals surface area (Å²) in [6, 6.07) is 5.72. The van der Waals surface area contributed by atoms with Gasteiger partial charge in [0.25, 0.3) is 5.91 Å². The van der Waals surface area contributed by atoms with Gasteiger partial charge in [-0.15, -0.1) is 0 Å². The zero-order chi connectivity index (χ0) is 13.1. The number of likely N-dealkylation sites (tertiary alicyclic amines) is 1. The smallest absolute Gasteiger partial charge is 0.251 e. The van der Waals surface area contributed by atoms with Gasteiger partial charge in [-0.25, -0.2) is 0 Å². The molecular formula is C13H18BrN3O. The Labute approximate surface area is 116 Å². The van der Waals surface area contributed by atoms with Gasteiger partial charge in [0, 0.05) is 28.3 Å². The summed E-state index contributed by atoms with van der Waals surface area (Å²) >= 11 is 3.32. The molecule has 1 unspecified atom stereocenters. The zero-order valence-corrected chi connectivity index (χ0v) is 12.0. The van der Waals surface area contributed by atoms with E-state index in [2.05, 4.69) is 33.2 Å². The van der Waals surface area contributed by atoms with E-state index in [1.165, 1.54) is 6.42 Å². The Bertz CT molecular complexity index is 450. The molecule has 0 radical (unpaired) electrons. The van der Waals surface area contributed by atoms with Gasteiger partial charge in [0.1, 0.15) is 0 Å². The van der Waals surface area contributed by atoms with Gasteiger partial charge in [-0.05, 0) is 60.6 Å². The molecule has 1 aliphatic rings. The molecule has 2 rings (SSSR count). The SMILES string of the molecule is CN1CCCC1CNC(=O)c1ccc(Br)c(N)c1. The molecule has 1 fully saturated rings. The van der Waals surface area contributed by atoms with Crippen LogP contribution in [0.3, 0.4) is 0 Å². The highest BCUT2D eigenvalue weighted by atomic mass is 79.9. The molecule has 0 bridgehead atoms. The van der Waals surface area contributed by atoms with Crippen molar-refractivity contribution in [3.63, 3.8) is 0 Å². The maximum absolute atomic E-state index is 12.0. The van der Waals surface area contributed by atoms with Crippen LogP contribution in [0.15, 0.2) is 22.7 Å². The number of nitrogens with one attached hydrogen (secondary N) is 1. The number of nitrogens with two attached hydrogens (primary N) is 1. The Kier molecular flexibility index (Phi) is 4.24. The van der Waals surface area contributed by atoms with Crippen LogP contribution in [0.4, 0.5) is 5.69 Å². The molecule has 0 saturated carbocycles. The summed E-state index contributed by atoms with van der Waals surface area (Å²) in [5.74, 6) is -0.0606. The average molecular weight is 312 g/mol. The fourth-order valence-corrected chi connectivity index (χ4v) is 2.48. The Hall–Kier alpha value is -1.07. The first-order valence-corrected chi connectivity index (χ1v) is 6.90. The van der Waals surface area contributed by atoms with Crippen LogP contribution in [0.2, 0.25) is 0 Å². The number of rotatable bonds is 3. The van der Waals surface area contributed by atoms with Crippen LogP contribution >= 0.6 is 15.9 Å². The van der Waals surface area contributed by atoms with Gasteiger partial charge in [0.2, 0.25) is 0 Å². The zero-order valence-electron chi connectivity index (χ0n) is 10.4. The molecule has 5 heteroatoms. The maximum atomic E-state index is 12.0. The predicted octanol–water partition coefficient (Wildman–Crippen LogP) is 1.86. The first kappa shape index (κ1) is 13.4. The van der Waals surface area contributed by atoms with Crippen LogP contribution in [0.1, 0.15) is 23.2 Å². The van der Waals surface area contributed by atoms with E-state index in [0.717, 1.165) is 17.4 Å². The van der Waals surface area contributed by atoms with E-state index in [4.69, 9.17) is 5.73 Å². The van der Waals surface area contributed by atoms with Crippen LogP contribution in [-0.2, 0) is 0 Å². The standard InChI is InChI=1S/C13H18BrN3O/c1-17-6-2-3-10(17)8-16-13(18)9-4-5-11(14)12(15)7-9/h4-5,7,10H,2-3,6,8,15H2,1H3,(H,16,18). The fourth-order valence-electron chi connectivity index (χ4n) is 2.23. The number of anilines is 1. The van der Waals surface area contributed by atoms with E-state index in [1.807, 2.05) is 0 Å². The first-order chi connectivity index (χ1) is 8.58. The third kappa shape index (κ3) is 3.03. The lowest BCUT2D eigenvalue weighted by Gasteiger charge is -2.19. The fraction of sp³-hybridized carbons (Fsp3) is 0.462. The van der Waals surface area contributed by atoms with Gasteiger partial charge >= 0.3 is 0 Å². The highest BCUT2D eigenvalue weighted by molar-refractivity contribution is 9.10. The van der Waals surface area contributed by atoms with Crippen LogP contribution in [0.25, 0.3) is 0 Å². The third-order valence-corrected chi connectivity index (χ3v) is 4.15. The van der Waals surface area contributed by atoms with Crippen LogP contribution in [0, 0.1) is 0 Å². The number of amides is 1. The highest BCUT2D eigenvalue weighted by Gasteiger charge is 2.21. The molecule has 1 amide bonds. The number of carbonyl (C=O) groups excluding carboxylic acids is 1. The van der Waals surface area contributed by atoms with Crippen molar-refractivity contribution in [1.82, 2.24) is 10.2 Å². The van der Waals surface area contributed by atoms with Crippen LogP contribution in [0.5, 0.6) is 0 Å². The minimum absolute atomic E-state index is 0.0606. The van der Waals surface area contributed by atoms with Gasteiger partial charge in [-0.2, -0.15) is 0 Å². The van der Waals surface area contributed by atoms with Crippen molar-refractivity contribution >= 4 is 27.5 Å². The Morgan fingerprint density at radius 2 is 2.39 bits per heavy atom. The number of carbonyl (C=O) groups is 1. The van der Waals surface area contributed by atoms with Crippen LogP contribution < -0.4 is 11.1 Å². The number of hydrogen-bond donors (Lipinski definition) is 2. The normalized spacial score (nSPS) is 20.0. The second-order valence-electron chi connectivity index (χ2n) is 4.72. The summed E-state index contributed by atoms with van der Waals surface area (Å²) in [5.41, 5.74) is 6.96. The summed E-state index contributed by atoms with van der Waals surface area (Å²) in [7, 11) is 2.10. The van der Waals surface area contributed by atoms with Crippen molar-refractivity contribution in [2.24, 2.45) is 0 Å². The summed E-state index contributed by atoms with van der Waals surface area (Å²) in [5, 5.41) is 2.97. The highest BCUT2D eigenvalue weighted by Crippen LogP contribution is 2.20. The van der Waals surface area contributed by atoms with Crippen molar-refractivity contribution in [3.8, 4) is 0 Å². The Morgan fingerprint density at radius 1 is 1.61 bits per heavy atom. The number of nitrogen functional groups attached to an aromatic ring is 1. The summed E-state index contributed by atoms with van der Waals surface area (Å²) < 4.78 is 0.814. The largest absolute Gasteiger partial charge is 0.398 e. The molecule has 0 aromatic heterocycles. The molecular weight excluding hydrogens is 294 g/mol. The first-order valence-electron chi connectivity index (χ1n) is 6.11. The molecule has 0 spiro atoms.